The Balaban J connectivity index is 1.65. The standard InChI is InChI=1S/C20H20N2O2S/c1-23-18-10-16-17(21-12-15-8-5-9-22(15)20(16)25)11-19(18)24-13-14-6-3-2-4-7-14/h2-4,6-7,10-12,15H,5,8-9,13H2,1H3. The summed E-state index contributed by atoms with van der Waals surface area (Å²) in [5.41, 5.74) is 2.90. The molecule has 2 aliphatic heterocycles. The molecule has 2 heterocycles. The molecule has 0 aliphatic carbocycles. The Labute approximate surface area is 153 Å². The van der Waals surface area contributed by atoms with E-state index in [0.717, 1.165) is 41.2 Å². The van der Waals surface area contributed by atoms with Gasteiger partial charge in [0.2, 0.25) is 0 Å². The van der Waals surface area contributed by atoms with Crippen molar-refractivity contribution in [1.82, 2.24) is 4.90 Å². The van der Waals surface area contributed by atoms with Crippen molar-refractivity contribution in [3.8, 4) is 11.5 Å². The van der Waals surface area contributed by atoms with E-state index in [1.807, 2.05) is 48.7 Å². The van der Waals surface area contributed by atoms with Crippen LogP contribution in [0.15, 0.2) is 47.5 Å². The van der Waals surface area contributed by atoms with Gasteiger partial charge in [-0.2, -0.15) is 0 Å². The number of nitrogens with zero attached hydrogens (tertiary/aromatic N) is 2. The maximum absolute atomic E-state index is 5.99. The second-order valence-electron chi connectivity index (χ2n) is 6.28. The molecule has 1 unspecified atom stereocenters. The van der Waals surface area contributed by atoms with Crippen molar-refractivity contribution in [3.05, 3.63) is 53.6 Å². The van der Waals surface area contributed by atoms with E-state index in [1.54, 1.807) is 7.11 Å². The van der Waals surface area contributed by atoms with Crippen LogP contribution in [0.25, 0.3) is 0 Å². The van der Waals surface area contributed by atoms with Crippen LogP contribution in [0.4, 0.5) is 5.69 Å². The highest BCUT2D eigenvalue weighted by Crippen LogP contribution is 2.38. The predicted octanol–water partition coefficient (Wildman–Crippen LogP) is 4.13. The van der Waals surface area contributed by atoms with Gasteiger partial charge < -0.3 is 14.4 Å². The first-order chi connectivity index (χ1) is 12.3. The number of aliphatic imine (C=N–C) groups is 1. The number of benzene rings is 2. The summed E-state index contributed by atoms with van der Waals surface area (Å²) >= 11 is 5.73. The fourth-order valence-corrected chi connectivity index (χ4v) is 3.75. The summed E-state index contributed by atoms with van der Waals surface area (Å²) < 4.78 is 11.5. The van der Waals surface area contributed by atoms with Crippen molar-refractivity contribution in [3.63, 3.8) is 0 Å². The normalized spacial score (nSPS) is 18.5. The molecule has 1 fully saturated rings. The maximum atomic E-state index is 5.99. The lowest BCUT2D eigenvalue weighted by atomic mass is 10.1. The lowest BCUT2D eigenvalue weighted by Crippen LogP contribution is -2.34. The van der Waals surface area contributed by atoms with E-state index >= 15 is 0 Å². The van der Waals surface area contributed by atoms with E-state index in [9.17, 15) is 0 Å². The van der Waals surface area contributed by atoms with E-state index in [4.69, 9.17) is 21.7 Å². The number of methoxy groups -OCH3 is 1. The molecule has 4 rings (SSSR count). The average Bonchev–Trinajstić information content (AvgIpc) is 3.08. The summed E-state index contributed by atoms with van der Waals surface area (Å²) in [7, 11) is 1.65. The summed E-state index contributed by atoms with van der Waals surface area (Å²) in [5.74, 6) is 1.37. The molecule has 1 atom stereocenters. The van der Waals surface area contributed by atoms with Gasteiger partial charge >= 0.3 is 0 Å². The molecule has 1 saturated heterocycles. The number of thiocarbonyl (C=S) groups is 1. The van der Waals surface area contributed by atoms with Gasteiger partial charge in [-0.05, 0) is 24.5 Å². The number of hydrogen-bond acceptors (Lipinski definition) is 4. The number of rotatable bonds is 4. The highest BCUT2D eigenvalue weighted by atomic mass is 32.1. The molecule has 2 aromatic rings. The van der Waals surface area contributed by atoms with Crippen molar-refractivity contribution in [2.24, 2.45) is 4.99 Å². The van der Waals surface area contributed by atoms with Crippen molar-refractivity contribution in [2.75, 3.05) is 13.7 Å². The van der Waals surface area contributed by atoms with Crippen molar-refractivity contribution in [2.45, 2.75) is 25.5 Å². The molecule has 25 heavy (non-hydrogen) atoms. The van der Waals surface area contributed by atoms with Gasteiger partial charge in [-0.25, -0.2) is 0 Å². The van der Waals surface area contributed by atoms with E-state index in [0.29, 0.717) is 24.1 Å². The van der Waals surface area contributed by atoms with Crippen LogP contribution in [0.1, 0.15) is 24.0 Å². The second-order valence-corrected chi connectivity index (χ2v) is 6.67. The molecule has 0 spiro atoms. The Morgan fingerprint density at radius 1 is 1.20 bits per heavy atom. The minimum Gasteiger partial charge on any atom is -0.493 e. The van der Waals surface area contributed by atoms with Crippen molar-refractivity contribution >= 4 is 29.1 Å². The van der Waals surface area contributed by atoms with Crippen LogP contribution in [0.2, 0.25) is 0 Å². The minimum absolute atomic E-state index is 0.305. The van der Waals surface area contributed by atoms with E-state index < -0.39 is 0 Å². The SMILES string of the molecule is COc1cc2c(cc1OCc1ccccc1)N=CC1CCCN1C2=S. The smallest absolute Gasteiger partial charge is 0.163 e. The highest BCUT2D eigenvalue weighted by molar-refractivity contribution is 7.80. The molecule has 128 valence electrons. The Bertz CT molecular complexity index is 820. The summed E-state index contributed by atoms with van der Waals surface area (Å²) in [6.45, 7) is 1.47. The third-order valence-corrected chi connectivity index (χ3v) is 5.15. The van der Waals surface area contributed by atoms with E-state index in [1.165, 1.54) is 0 Å². The topological polar surface area (TPSA) is 34.1 Å². The molecule has 5 heteroatoms. The molecule has 0 amide bonds. The van der Waals surface area contributed by atoms with Gasteiger partial charge in [0, 0.05) is 24.4 Å². The van der Waals surface area contributed by atoms with Gasteiger partial charge in [0.1, 0.15) is 11.6 Å². The summed E-state index contributed by atoms with van der Waals surface area (Å²) in [4.78, 5) is 7.79. The third kappa shape index (κ3) is 3.12. The molecular weight excluding hydrogens is 332 g/mol. The fraction of sp³-hybridized carbons (Fsp3) is 0.300. The molecule has 0 saturated carbocycles. The third-order valence-electron chi connectivity index (χ3n) is 4.70. The van der Waals surface area contributed by atoms with Crippen LogP contribution in [-0.2, 0) is 6.61 Å². The zero-order valence-electron chi connectivity index (χ0n) is 14.1. The van der Waals surface area contributed by atoms with Crippen molar-refractivity contribution in [1.29, 1.82) is 0 Å². The Hall–Kier alpha value is -2.40. The Kier molecular flexibility index (Phi) is 4.40. The second kappa shape index (κ2) is 6.84. The van der Waals surface area contributed by atoms with Crippen molar-refractivity contribution < 1.29 is 9.47 Å². The predicted molar refractivity (Wildman–Crippen MR) is 103 cm³/mol. The van der Waals surface area contributed by atoms with Crippen LogP contribution in [-0.4, -0.2) is 35.8 Å². The molecule has 0 radical (unpaired) electrons. The Morgan fingerprint density at radius 2 is 2.04 bits per heavy atom. The van der Waals surface area contributed by atoms with Gasteiger partial charge in [0.15, 0.2) is 11.5 Å². The highest BCUT2D eigenvalue weighted by Gasteiger charge is 2.30. The molecule has 0 aromatic heterocycles. The average molecular weight is 352 g/mol. The molecule has 4 nitrogen and oxygen atoms in total. The zero-order chi connectivity index (χ0) is 17.2. The van der Waals surface area contributed by atoms with E-state index in [-0.39, 0.29) is 0 Å². The van der Waals surface area contributed by atoms with Crippen LogP contribution in [0, 0.1) is 0 Å². The van der Waals surface area contributed by atoms with Crippen LogP contribution >= 0.6 is 12.2 Å². The number of fused-ring (bicyclic) bond motifs is 2. The van der Waals surface area contributed by atoms with Gasteiger partial charge in [0.25, 0.3) is 0 Å². The molecule has 2 aliphatic rings. The number of ether oxygens (including phenoxy) is 2. The largest absolute Gasteiger partial charge is 0.493 e. The lowest BCUT2D eigenvalue weighted by molar-refractivity contribution is 0.284. The molecular formula is C20H20N2O2S. The van der Waals surface area contributed by atoms with E-state index in [2.05, 4.69) is 9.89 Å². The number of hydrogen-bond donors (Lipinski definition) is 0. The fourth-order valence-electron chi connectivity index (χ4n) is 3.36. The monoisotopic (exact) mass is 352 g/mol. The summed E-state index contributed by atoms with van der Waals surface area (Å²) in [5, 5.41) is 0. The minimum atomic E-state index is 0.305. The van der Waals surface area contributed by atoms with Crippen LogP contribution in [0.5, 0.6) is 11.5 Å². The van der Waals surface area contributed by atoms with Gasteiger partial charge in [0.05, 0.1) is 18.8 Å². The molecule has 2 aromatic carbocycles. The lowest BCUT2D eigenvalue weighted by Gasteiger charge is -2.23. The summed E-state index contributed by atoms with van der Waals surface area (Å²) in [6, 6.07) is 14.3. The first-order valence-electron chi connectivity index (χ1n) is 8.50. The first kappa shape index (κ1) is 16.1. The van der Waals surface area contributed by atoms with Gasteiger partial charge in [-0.15, -0.1) is 0 Å². The molecule has 0 N–H and O–H groups in total. The van der Waals surface area contributed by atoms with Gasteiger partial charge in [-0.3, -0.25) is 4.99 Å². The summed E-state index contributed by atoms with van der Waals surface area (Å²) in [6.07, 6.45) is 4.27. The Morgan fingerprint density at radius 3 is 2.84 bits per heavy atom. The van der Waals surface area contributed by atoms with Crippen LogP contribution < -0.4 is 9.47 Å². The molecule has 0 bridgehead atoms. The first-order valence-corrected chi connectivity index (χ1v) is 8.91. The maximum Gasteiger partial charge on any atom is 0.163 e. The zero-order valence-corrected chi connectivity index (χ0v) is 15.0. The van der Waals surface area contributed by atoms with Gasteiger partial charge in [-0.1, -0.05) is 42.5 Å². The quantitative estimate of drug-likeness (QED) is 0.775. The van der Waals surface area contributed by atoms with Crippen LogP contribution in [0.3, 0.4) is 0 Å².